The van der Waals surface area contributed by atoms with Crippen LogP contribution in [0.2, 0.25) is 0 Å². The van der Waals surface area contributed by atoms with Gasteiger partial charge < -0.3 is 4.74 Å². The highest BCUT2D eigenvalue weighted by Gasteiger charge is 2.16. The standard InChI is InChI=1S/C16H19FN2O3S/c1-3-9-23(20,21)19-12(2)13-6-7-16(15(17)10-13)22-14-5-4-8-18-11-14/h4-8,10-12,19H,3,9H2,1-2H3. The van der Waals surface area contributed by atoms with Gasteiger partial charge in [0.1, 0.15) is 5.75 Å². The van der Waals surface area contributed by atoms with Crippen LogP contribution in [0.1, 0.15) is 31.9 Å². The van der Waals surface area contributed by atoms with Crippen molar-refractivity contribution in [2.45, 2.75) is 26.3 Å². The van der Waals surface area contributed by atoms with Gasteiger partial charge in [0, 0.05) is 12.2 Å². The molecule has 1 aromatic heterocycles. The largest absolute Gasteiger partial charge is 0.453 e. The summed E-state index contributed by atoms with van der Waals surface area (Å²) in [6.07, 6.45) is 3.60. The van der Waals surface area contributed by atoms with Gasteiger partial charge in [-0.2, -0.15) is 0 Å². The third-order valence-electron chi connectivity index (χ3n) is 3.15. The Bertz CT molecular complexity index is 751. The second kappa shape index (κ2) is 7.52. The molecule has 1 atom stereocenters. The van der Waals surface area contributed by atoms with Gasteiger partial charge in [-0.3, -0.25) is 4.98 Å². The molecule has 0 aliphatic heterocycles. The second-order valence-corrected chi connectivity index (χ2v) is 7.01. The van der Waals surface area contributed by atoms with Crippen LogP contribution >= 0.6 is 0 Å². The number of ether oxygens (including phenoxy) is 1. The maximum Gasteiger partial charge on any atom is 0.212 e. The Balaban J connectivity index is 2.12. The molecule has 1 heterocycles. The van der Waals surface area contributed by atoms with Crippen LogP contribution in [0.4, 0.5) is 4.39 Å². The Morgan fingerprint density at radius 2 is 2.13 bits per heavy atom. The van der Waals surface area contributed by atoms with Crippen molar-refractivity contribution in [3.05, 3.63) is 54.1 Å². The van der Waals surface area contributed by atoms with Crippen LogP contribution in [-0.2, 0) is 10.0 Å². The van der Waals surface area contributed by atoms with E-state index in [1.807, 2.05) is 0 Å². The first-order valence-corrected chi connectivity index (χ1v) is 8.94. The first-order chi connectivity index (χ1) is 10.9. The summed E-state index contributed by atoms with van der Waals surface area (Å²) < 4.78 is 45.6. The maximum absolute atomic E-state index is 14.2. The van der Waals surface area contributed by atoms with E-state index >= 15 is 0 Å². The number of hydrogen-bond acceptors (Lipinski definition) is 4. The van der Waals surface area contributed by atoms with Crippen molar-refractivity contribution in [1.82, 2.24) is 9.71 Å². The van der Waals surface area contributed by atoms with E-state index in [-0.39, 0.29) is 11.5 Å². The predicted octanol–water partition coefficient (Wildman–Crippen LogP) is 3.40. The monoisotopic (exact) mass is 338 g/mol. The highest BCUT2D eigenvalue weighted by atomic mass is 32.2. The Kier molecular flexibility index (Phi) is 5.68. The van der Waals surface area contributed by atoms with Crippen LogP contribution in [0.15, 0.2) is 42.7 Å². The fourth-order valence-corrected chi connectivity index (χ4v) is 3.40. The van der Waals surface area contributed by atoms with E-state index in [4.69, 9.17) is 4.74 Å². The average molecular weight is 338 g/mol. The summed E-state index contributed by atoms with van der Waals surface area (Å²) in [4.78, 5) is 3.89. The number of rotatable bonds is 7. The zero-order chi connectivity index (χ0) is 16.9. The lowest BCUT2D eigenvalue weighted by Gasteiger charge is -2.15. The van der Waals surface area contributed by atoms with Gasteiger partial charge in [-0.15, -0.1) is 0 Å². The van der Waals surface area contributed by atoms with Crippen LogP contribution in [-0.4, -0.2) is 19.2 Å². The summed E-state index contributed by atoms with van der Waals surface area (Å²) in [5, 5.41) is 0. The van der Waals surface area contributed by atoms with Crippen molar-refractivity contribution in [3.8, 4) is 11.5 Å². The molecule has 0 radical (unpaired) electrons. The molecular weight excluding hydrogens is 319 g/mol. The molecule has 1 unspecified atom stereocenters. The number of nitrogens with one attached hydrogen (secondary N) is 1. The fraction of sp³-hybridized carbons (Fsp3) is 0.312. The number of hydrogen-bond donors (Lipinski definition) is 1. The van der Waals surface area contributed by atoms with Crippen LogP contribution in [0, 0.1) is 5.82 Å². The maximum atomic E-state index is 14.2. The molecule has 0 saturated carbocycles. The molecule has 7 heteroatoms. The van der Waals surface area contributed by atoms with E-state index in [2.05, 4.69) is 9.71 Å². The number of nitrogens with zero attached hydrogens (tertiary/aromatic N) is 1. The summed E-state index contributed by atoms with van der Waals surface area (Å²) in [5.74, 6) is -0.0312. The lowest BCUT2D eigenvalue weighted by Crippen LogP contribution is -2.29. The first kappa shape index (κ1) is 17.4. The van der Waals surface area contributed by atoms with E-state index in [9.17, 15) is 12.8 Å². The van der Waals surface area contributed by atoms with E-state index in [0.29, 0.717) is 17.7 Å². The summed E-state index contributed by atoms with van der Waals surface area (Å²) in [6.45, 7) is 3.46. The second-order valence-electron chi connectivity index (χ2n) is 5.14. The molecule has 0 aliphatic carbocycles. The molecular formula is C16H19FN2O3S. The van der Waals surface area contributed by atoms with Crippen molar-refractivity contribution in [2.75, 3.05) is 5.75 Å². The van der Waals surface area contributed by atoms with Crippen molar-refractivity contribution in [3.63, 3.8) is 0 Å². The zero-order valence-corrected chi connectivity index (χ0v) is 13.8. The van der Waals surface area contributed by atoms with Crippen LogP contribution in [0.25, 0.3) is 0 Å². The van der Waals surface area contributed by atoms with Crippen molar-refractivity contribution in [2.24, 2.45) is 0 Å². The lowest BCUT2D eigenvalue weighted by atomic mass is 10.1. The van der Waals surface area contributed by atoms with Crippen LogP contribution in [0.3, 0.4) is 0 Å². The minimum Gasteiger partial charge on any atom is -0.453 e. The first-order valence-electron chi connectivity index (χ1n) is 7.28. The van der Waals surface area contributed by atoms with Gasteiger partial charge in [-0.05, 0) is 43.2 Å². The molecule has 1 aromatic carbocycles. The topological polar surface area (TPSA) is 68.3 Å². The molecule has 5 nitrogen and oxygen atoms in total. The van der Waals surface area contributed by atoms with Gasteiger partial charge in [0.05, 0.1) is 11.9 Å². The van der Waals surface area contributed by atoms with Crippen molar-refractivity contribution < 1.29 is 17.5 Å². The normalized spacial score (nSPS) is 12.8. The molecule has 2 aromatic rings. The molecule has 0 bridgehead atoms. The quantitative estimate of drug-likeness (QED) is 0.840. The number of aromatic nitrogens is 1. The number of benzene rings is 1. The van der Waals surface area contributed by atoms with E-state index in [0.717, 1.165) is 0 Å². The SMILES string of the molecule is CCCS(=O)(=O)NC(C)c1ccc(Oc2cccnc2)c(F)c1. The molecule has 0 amide bonds. The van der Waals surface area contributed by atoms with Gasteiger partial charge in [-0.1, -0.05) is 13.0 Å². The van der Waals surface area contributed by atoms with Crippen molar-refractivity contribution in [1.29, 1.82) is 0 Å². The molecule has 0 saturated heterocycles. The van der Waals surface area contributed by atoms with Crippen molar-refractivity contribution >= 4 is 10.0 Å². The number of halogens is 1. The third kappa shape index (κ3) is 5.01. The van der Waals surface area contributed by atoms with Crippen LogP contribution in [0.5, 0.6) is 11.5 Å². The predicted molar refractivity (Wildman–Crippen MR) is 86.3 cm³/mol. The Morgan fingerprint density at radius 3 is 2.74 bits per heavy atom. The van der Waals surface area contributed by atoms with Crippen LogP contribution < -0.4 is 9.46 Å². The van der Waals surface area contributed by atoms with E-state index in [1.54, 1.807) is 38.2 Å². The number of pyridine rings is 1. The lowest BCUT2D eigenvalue weighted by molar-refractivity contribution is 0.439. The van der Waals surface area contributed by atoms with Gasteiger partial charge in [0.2, 0.25) is 10.0 Å². The molecule has 124 valence electrons. The van der Waals surface area contributed by atoms with Gasteiger partial charge >= 0.3 is 0 Å². The Labute approximate surface area is 135 Å². The summed E-state index contributed by atoms with van der Waals surface area (Å²) in [6, 6.07) is 7.21. The summed E-state index contributed by atoms with van der Waals surface area (Å²) in [5.41, 5.74) is 0.528. The molecule has 1 N–H and O–H groups in total. The fourth-order valence-electron chi connectivity index (χ4n) is 2.07. The summed E-state index contributed by atoms with van der Waals surface area (Å²) >= 11 is 0. The van der Waals surface area contributed by atoms with Gasteiger partial charge in [0.15, 0.2) is 11.6 Å². The molecule has 0 spiro atoms. The third-order valence-corrected chi connectivity index (χ3v) is 4.81. The Morgan fingerprint density at radius 1 is 1.35 bits per heavy atom. The molecule has 2 rings (SSSR count). The van der Waals surface area contributed by atoms with Gasteiger partial charge in [0.25, 0.3) is 0 Å². The molecule has 23 heavy (non-hydrogen) atoms. The molecule has 0 fully saturated rings. The van der Waals surface area contributed by atoms with E-state index in [1.165, 1.54) is 18.3 Å². The Hall–Kier alpha value is -1.99. The zero-order valence-electron chi connectivity index (χ0n) is 13.0. The summed E-state index contributed by atoms with van der Waals surface area (Å²) in [7, 11) is -3.36. The minimum atomic E-state index is -3.36. The number of sulfonamides is 1. The highest BCUT2D eigenvalue weighted by molar-refractivity contribution is 7.89. The molecule has 0 aliphatic rings. The average Bonchev–Trinajstić information content (AvgIpc) is 2.49. The van der Waals surface area contributed by atoms with Gasteiger partial charge in [-0.25, -0.2) is 17.5 Å². The highest BCUT2D eigenvalue weighted by Crippen LogP contribution is 2.26. The minimum absolute atomic E-state index is 0.0437. The van der Waals surface area contributed by atoms with E-state index < -0.39 is 21.9 Å². The smallest absolute Gasteiger partial charge is 0.212 e.